The predicted molar refractivity (Wildman–Crippen MR) is 96.0 cm³/mol. The fourth-order valence-electron chi connectivity index (χ4n) is 3.58. The van der Waals surface area contributed by atoms with Crippen molar-refractivity contribution in [1.29, 1.82) is 0 Å². The molecule has 4 rings (SSSR count). The fraction of sp³-hybridized carbons (Fsp3) is 0.368. The van der Waals surface area contributed by atoms with Crippen molar-refractivity contribution in [2.45, 2.75) is 31.3 Å². The standard InChI is InChI=1S/C19H19N5O3/c1-23-10-8-19(27,18(23)26)7-5-12-6-9-21-15(11-12)24-14-4-2-3-13(14)16(22-24)17(20)25/h6,9,11,27H,2-4,8,10H2,1H3,(H2,20,25)/t19-/m0/s1. The van der Waals surface area contributed by atoms with Gasteiger partial charge in [-0.05, 0) is 31.4 Å². The molecule has 8 nitrogen and oxygen atoms in total. The first-order valence-corrected chi connectivity index (χ1v) is 8.77. The molecule has 3 N–H and O–H groups in total. The predicted octanol–water partition coefficient (Wildman–Crippen LogP) is -0.200. The van der Waals surface area contributed by atoms with Crippen molar-refractivity contribution in [2.24, 2.45) is 5.73 Å². The number of nitrogens with zero attached hydrogens (tertiary/aromatic N) is 4. The molecule has 138 valence electrons. The number of aromatic nitrogens is 3. The Morgan fingerprint density at radius 1 is 1.41 bits per heavy atom. The summed E-state index contributed by atoms with van der Waals surface area (Å²) < 4.78 is 1.64. The highest BCUT2D eigenvalue weighted by Crippen LogP contribution is 2.27. The molecular weight excluding hydrogens is 346 g/mol. The lowest BCUT2D eigenvalue weighted by atomic mass is 10.0. The third-order valence-corrected chi connectivity index (χ3v) is 5.05. The molecule has 0 aromatic carbocycles. The van der Waals surface area contributed by atoms with E-state index in [1.54, 1.807) is 30.1 Å². The summed E-state index contributed by atoms with van der Waals surface area (Å²) in [6, 6.07) is 3.41. The van der Waals surface area contributed by atoms with E-state index in [-0.39, 0.29) is 18.0 Å². The number of rotatable bonds is 2. The zero-order chi connectivity index (χ0) is 19.2. The van der Waals surface area contributed by atoms with Crippen molar-refractivity contribution in [1.82, 2.24) is 19.7 Å². The Kier molecular flexibility index (Phi) is 3.97. The van der Waals surface area contributed by atoms with Crippen LogP contribution in [0.4, 0.5) is 0 Å². The lowest BCUT2D eigenvalue weighted by molar-refractivity contribution is -0.137. The molecule has 8 heteroatoms. The van der Waals surface area contributed by atoms with Gasteiger partial charge in [0.1, 0.15) is 0 Å². The molecule has 1 fully saturated rings. The second-order valence-electron chi connectivity index (χ2n) is 6.89. The zero-order valence-corrected chi connectivity index (χ0v) is 14.9. The molecule has 2 aromatic rings. The second-order valence-corrected chi connectivity index (χ2v) is 6.89. The van der Waals surface area contributed by atoms with Gasteiger partial charge in [-0.15, -0.1) is 0 Å². The van der Waals surface area contributed by atoms with Crippen LogP contribution in [0, 0.1) is 11.8 Å². The van der Waals surface area contributed by atoms with E-state index >= 15 is 0 Å². The Morgan fingerprint density at radius 3 is 2.93 bits per heavy atom. The van der Waals surface area contributed by atoms with E-state index in [0.29, 0.717) is 17.9 Å². The summed E-state index contributed by atoms with van der Waals surface area (Å²) in [7, 11) is 1.64. The number of amides is 2. The van der Waals surface area contributed by atoms with Crippen LogP contribution in [0.25, 0.3) is 5.82 Å². The van der Waals surface area contributed by atoms with Crippen molar-refractivity contribution < 1.29 is 14.7 Å². The van der Waals surface area contributed by atoms with Gasteiger partial charge in [0.15, 0.2) is 11.5 Å². The van der Waals surface area contributed by atoms with Crippen molar-refractivity contribution >= 4 is 11.8 Å². The smallest absolute Gasteiger partial charge is 0.269 e. The third kappa shape index (κ3) is 2.86. The van der Waals surface area contributed by atoms with E-state index in [2.05, 4.69) is 21.9 Å². The highest BCUT2D eigenvalue weighted by Gasteiger charge is 2.42. The van der Waals surface area contributed by atoms with Crippen LogP contribution >= 0.6 is 0 Å². The van der Waals surface area contributed by atoms with Gasteiger partial charge in [0.25, 0.3) is 11.8 Å². The van der Waals surface area contributed by atoms with E-state index < -0.39 is 11.5 Å². The largest absolute Gasteiger partial charge is 0.369 e. The highest BCUT2D eigenvalue weighted by atomic mass is 16.3. The van der Waals surface area contributed by atoms with Crippen LogP contribution in [0.3, 0.4) is 0 Å². The minimum absolute atomic E-state index is 0.280. The van der Waals surface area contributed by atoms with E-state index in [0.717, 1.165) is 30.5 Å². The number of hydrogen-bond donors (Lipinski definition) is 2. The van der Waals surface area contributed by atoms with Crippen LogP contribution < -0.4 is 5.73 Å². The van der Waals surface area contributed by atoms with Gasteiger partial charge < -0.3 is 15.7 Å². The van der Waals surface area contributed by atoms with Crippen molar-refractivity contribution in [3.63, 3.8) is 0 Å². The van der Waals surface area contributed by atoms with Crippen LogP contribution in [0.1, 0.15) is 40.2 Å². The average molecular weight is 365 g/mol. The van der Waals surface area contributed by atoms with Crippen LogP contribution in [-0.4, -0.2) is 55.8 Å². The van der Waals surface area contributed by atoms with E-state index in [4.69, 9.17) is 5.73 Å². The monoisotopic (exact) mass is 365 g/mol. The molecule has 2 aliphatic rings. The lowest BCUT2D eigenvalue weighted by Gasteiger charge is -2.13. The number of carbonyl (C=O) groups is 2. The number of primary amides is 1. The van der Waals surface area contributed by atoms with Gasteiger partial charge in [-0.25, -0.2) is 9.67 Å². The Labute approximate surface area is 156 Å². The molecule has 0 radical (unpaired) electrons. The van der Waals surface area contributed by atoms with Gasteiger partial charge in [0.2, 0.25) is 5.60 Å². The number of likely N-dealkylation sites (tertiary alicyclic amines) is 1. The van der Waals surface area contributed by atoms with Crippen LogP contribution in [0.5, 0.6) is 0 Å². The van der Waals surface area contributed by atoms with Gasteiger partial charge >= 0.3 is 0 Å². The van der Waals surface area contributed by atoms with Crippen LogP contribution in [-0.2, 0) is 17.6 Å². The molecule has 1 aliphatic heterocycles. The SMILES string of the molecule is CN1CC[C@@](O)(C#Cc2ccnc(-n3nc(C(N)=O)c4c3CCC4)c2)C1=O. The average Bonchev–Trinajstić information content (AvgIpc) is 3.32. The molecule has 0 spiro atoms. The summed E-state index contributed by atoms with van der Waals surface area (Å²) in [5, 5.41) is 14.8. The fourth-order valence-corrected chi connectivity index (χ4v) is 3.58. The molecule has 1 saturated heterocycles. The molecule has 2 amide bonds. The maximum atomic E-state index is 12.0. The Morgan fingerprint density at radius 2 is 2.22 bits per heavy atom. The Hall–Kier alpha value is -3.18. The van der Waals surface area contributed by atoms with E-state index in [1.807, 2.05) is 0 Å². The number of fused-ring (bicyclic) bond motifs is 1. The normalized spacial score (nSPS) is 21.1. The molecule has 27 heavy (non-hydrogen) atoms. The van der Waals surface area contributed by atoms with Crippen LogP contribution in [0.2, 0.25) is 0 Å². The number of carbonyl (C=O) groups excluding carboxylic acids is 2. The maximum Gasteiger partial charge on any atom is 0.269 e. The summed E-state index contributed by atoms with van der Waals surface area (Å²) >= 11 is 0. The molecule has 0 saturated carbocycles. The van der Waals surface area contributed by atoms with Crippen LogP contribution in [0.15, 0.2) is 18.3 Å². The summed E-state index contributed by atoms with van der Waals surface area (Å²) in [6.45, 7) is 0.473. The minimum atomic E-state index is -1.65. The summed E-state index contributed by atoms with van der Waals surface area (Å²) in [5.74, 6) is 5.14. The summed E-state index contributed by atoms with van der Waals surface area (Å²) in [6.07, 6.45) is 4.38. The number of hydrogen-bond acceptors (Lipinski definition) is 5. The third-order valence-electron chi connectivity index (χ3n) is 5.05. The van der Waals surface area contributed by atoms with Gasteiger partial charge in [0.05, 0.1) is 5.69 Å². The lowest BCUT2D eigenvalue weighted by Crippen LogP contribution is -2.37. The minimum Gasteiger partial charge on any atom is -0.369 e. The molecule has 2 aromatic heterocycles. The molecule has 1 atom stereocenters. The first-order chi connectivity index (χ1) is 12.9. The molecule has 0 unspecified atom stereocenters. The Balaban J connectivity index is 1.70. The van der Waals surface area contributed by atoms with Gasteiger partial charge in [-0.1, -0.05) is 11.8 Å². The molecule has 3 heterocycles. The number of pyridine rings is 1. The first kappa shape index (κ1) is 17.2. The zero-order valence-electron chi connectivity index (χ0n) is 14.9. The second kappa shape index (κ2) is 6.21. The van der Waals surface area contributed by atoms with E-state index in [1.165, 1.54) is 4.90 Å². The van der Waals surface area contributed by atoms with Crippen molar-refractivity contribution in [2.75, 3.05) is 13.6 Å². The van der Waals surface area contributed by atoms with Gasteiger partial charge in [-0.3, -0.25) is 9.59 Å². The highest BCUT2D eigenvalue weighted by molar-refractivity contribution is 5.93. The number of nitrogens with two attached hydrogens (primary N) is 1. The van der Waals surface area contributed by atoms with Gasteiger partial charge in [0, 0.05) is 37.3 Å². The number of aliphatic hydroxyl groups is 1. The van der Waals surface area contributed by atoms with Crippen molar-refractivity contribution in [3.05, 3.63) is 40.8 Å². The summed E-state index contributed by atoms with van der Waals surface area (Å²) in [4.78, 5) is 29.5. The quantitative estimate of drug-likeness (QED) is 0.716. The molecule has 1 aliphatic carbocycles. The molecular formula is C19H19N5O3. The maximum absolute atomic E-state index is 12.0. The summed E-state index contributed by atoms with van der Waals surface area (Å²) in [5.41, 5.74) is 6.50. The van der Waals surface area contributed by atoms with E-state index in [9.17, 15) is 14.7 Å². The topological polar surface area (TPSA) is 114 Å². The molecule has 0 bridgehead atoms. The Bertz CT molecular complexity index is 1020. The van der Waals surface area contributed by atoms with Crippen molar-refractivity contribution in [3.8, 4) is 17.7 Å². The number of likely N-dealkylation sites (N-methyl/N-ethyl adjacent to an activating group) is 1. The first-order valence-electron chi connectivity index (χ1n) is 8.77. The van der Waals surface area contributed by atoms with Gasteiger partial charge in [-0.2, -0.15) is 5.10 Å².